The van der Waals surface area contributed by atoms with Gasteiger partial charge in [-0.2, -0.15) is 15.0 Å². The summed E-state index contributed by atoms with van der Waals surface area (Å²) in [7, 11) is 0. The van der Waals surface area contributed by atoms with Crippen LogP contribution in [0.5, 0.6) is 0 Å². The molecule has 1 unspecified atom stereocenters. The maximum absolute atomic E-state index is 9.50. The molecule has 0 saturated heterocycles. The highest BCUT2D eigenvalue weighted by molar-refractivity contribution is 5.64. The Balaban J connectivity index is 2.30. The molecule has 136 valence electrons. The van der Waals surface area contributed by atoms with Gasteiger partial charge in [0.1, 0.15) is 5.82 Å². The third-order valence-corrected chi connectivity index (χ3v) is 4.10. The summed E-state index contributed by atoms with van der Waals surface area (Å²) in [6.07, 6.45) is 2.56. The summed E-state index contributed by atoms with van der Waals surface area (Å²) in [5.41, 5.74) is 4.57. The topological polar surface area (TPSA) is 83.0 Å². The fourth-order valence-electron chi connectivity index (χ4n) is 2.93. The second-order valence-electron chi connectivity index (χ2n) is 6.46. The van der Waals surface area contributed by atoms with E-state index < -0.39 is 0 Å². The molecule has 25 heavy (non-hydrogen) atoms. The number of aromatic nitrogens is 3. The maximum atomic E-state index is 9.50. The molecular weight excluding hydrogens is 314 g/mol. The van der Waals surface area contributed by atoms with Crippen LogP contribution in [0.3, 0.4) is 0 Å². The molecule has 0 saturated carbocycles. The van der Waals surface area contributed by atoms with Gasteiger partial charge in [0.25, 0.3) is 0 Å². The number of aryl methyl sites for hydroxylation is 4. The largest absolute Gasteiger partial charge is 0.394 e. The quantitative estimate of drug-likeness (QED) is 0.678. The summed E-state index contributed by atoms with van der Waals surface area (Å²) in [5, 5.41) is 16.1. The lowest BCUT2D eigenvalue weighted by molar-refractivity contribution is 0.268. The number of anilines is 3. The molecule has 0 aliphatic carbocycles. The van der Waals surface area contributed by atoms with Crippen molar-refractivity contribution in [1.29, 1.82) is 0 Å². The van der Waals surface area contributed by atoms with Gasteiger partial charge in [-0.3, -0.25) is 0 Å². The first-order chi connectivity index (χ1) is 12.0. The van der Waals surface area contributed by atoms with Crippen molar-refractivity contribution in [3.05, 3.63) is 34.6 Å². The molecule has 1 atom stereocenters. The first-order valence-corrected chi connectivity index (χ1v) is 8.94. The molecule has 0 aliphatic heterocycles. The van der Waals surface area contributed by atoms with Crippen molar-refractivity contribution in [2.45, 2.75) is 59.9 Å². The van der Waals surface area contributed by atoms with E-state index in [0.717, 1.165) is 41.9 Å². The standard InChI is InChI=1S/C19H29N5O/c1-6-8-15(11-25)20-18-21-16(7-2)22-19(24-18)23-17-13(4)9-12(3)10-14(17)5/h9-10,15,25H,6-8,11H2,1-5H3,(H2,20,21,22,23,24). The van der Waals surface area contributed by atoms with Gasteiger partial charge in [0.2, 0.25) is 11.9 Å². The van der Waals surface area contributed by atoms with Crippen LogP contribution in [0.4, 0.5) is 17.6 Å². The molecular formula is C19H29N5O. The Kier molecular flexibility index (Phi) is 6.70. The highest BCUT2D eigenvalue weighted by Crippen LogP contribution is 2.25. The number of hydrogen-bond acceptors (Lipinski definition) is 6. The van der Waals surface area contributed by atoms with E-state index in [1.165, 1.54) is 5.56 Å². The zero-order valence-corrected chi connectivity index (χ0v) is 15.8. The Morgan fingerprint density at radius 2 is 1.64 bits per heavy atom. The number of nitrogens with zero attached hydrogens (tertiary/aromatic N) is 3. The van der Waals surface area contributed by atoms with Crippen LogP contribution in [-0.2, 0) is 6.42 Å². The number of aliphatic hydroxyl groups excluding tert-OH is 1. The SMILES string of the molecule is CCCC(CO)Nc1nc(CC)nc(Nc2c(C)cc(C)cc2C)n1. The third-order valence-electron chi connectivity index (χ3n) is 4.10. The second kappa shape index (κ2) is 8.76. The lowest BCUT2D eigenvalue weighted by Gasteiger charge is -2.17. The Morgan fingerprint density at radius 3 is 2.20 bits per heavy atom. The predicted molar refractivity (Wildman–Crippen MR) is 103 cm³/mol. The number of rotatable bonds is 8. The second-order valence-corrected chi connectivity index (χ2v) is 6.46. The molecule has 0 radical (unpaired) electrons. The molecule has 2 rings (SSSR count). The highest BCUT2D eigenvalue weighted by atomic mass is 16.3. The van der Waals surface area contributed by atoms with Crippen molar-refractivity contribution in [3.63, 3.8) is 0 Å². The van der Waals surface area contributed by atoms with Gasteiger partial charge >= 0.3 is 0 Å². The summed E-state index contributed by atoms with van der Waals surface area (Å²) < 4.78 is 0. The normalized spacial score (nSPS) is 12.1. The van der Waals surface area contributed by atoms with Gasteiger partial charge in [-0.25, -0.2) is 0 Å². The Hall–Kier alpha value is -2.21. The molecule has 2 aromatic rings. The van der Waals surface area contributed by atoms with E-state index in [1.54, 1.807) is 0 Å². The smallest absolute Gasteiger partial charge is 0.232 e. The van der Waals surface area contributed by atoms with Crippen LogP contribution in [0.1, 0.15) is 49.2 Å². The molecule has 3 N–H and O–H groups in total. The van der Waals surface area contributed by atoms with Crippen molar-refractivity contribution in [2.75, 3.05) is 17.2 Å². The Morgan fingerprint density at radius 1 is 1.00 bits per heavy atom. The van der Waals surface area contributed by atoms with Crippen LogP contribution in [0.2, 0.25) is 0 Å². The lowest BCUT2D eigenvalue weighted by atomic mass is 10.1. The van der Waals surface area contributed by atoms with E-state index in [9.17, 15) is 5.11 Å². The Bertz CT molecular complexity index is 694. The summed E-state index contributed by atoms with van der Waals surface area (Å²) in [6.45, 7) is 10.4. The highest BCUT2D eigenvalue weighted by Gasteiger charge is 2.12. The van der Waals surface area contributed by atoms with Gasteiger partial charge in [-0.1, -0.05) is 38.0 Å². The van der Waals surface area contributed by atoms with Crippen molar-refractivity contribution < 1.29 is 5.11 Å². The van der Waals surface area contributed by atoms with Gasteiger partial charge in [-0.05, 0) is 38.3 Å². The minimum Gasteiger partial charge on any atom is -0.394 e. The summed E-state index contributed by atoms with van der Waals surface area (Å²) >= 11 is 0. The fourth-order valence-corrected chi connectivity index (χ4v) is 2.93. The van der Waals surface area contributed by atoms with Crippen molar-refractivity contribution >= 4 is 17.6 Å². The molecule has 1 aromatic heterocycles. The van der Waals surface area contributed by atoms with Crippen LogP contribution in [-0.4, -0.2) is 32.7 Å². The molecule has 0 amide bonds. The third kappa shape index (κ3) is 5.13. The van der Waals surface area contributed by atoms with Crippen LogP contribution in [0.25, 0.3) is 0 Å². The van der Waals surface area contributed by atoms with E-state index in [0.29, 0.717) is 11.9 Å². The summed E-state index contributed by atoms with van der Waals surface area (Å²) in [4.78, 5) is 13.4. The van der Waals surface area contributed by atoms with Crippen molar-refractivity contribution in [1.82, 2.24) is 15.0 Å². The van der Waals surface area contributed by atoms with Crippen molar-refractivity contribution in [3.8, 4) is 0 Å². The number of benzene rings is 1. The van der Waals surface area contributed by atoms with Crippen LogP contribution in [0.15, 0.2) is 12.1 Å². The first-order valence-electron chi connectivity index (χ1n) is 8.94. The number of hydrogen-bond donors (Lipinski definition) is 3. The maximum Gasteiger partial charge on any atom is 0.232 e. The lowest BCUT2D eigenvalue weighted by Crippen LogP contribution is -2.25. The molecule has 0 bridgehead atoms. The van der Waals surface area contributed by atoms with Crippen LogP contribution >= 0.6 is 0 Å². The average Bonchev–Trinajstić information content (AvgIpc) is 2.57. The minimum atomic E-state index is -0.0483. The molecule has 0 aliphatic rings. The molecule has 1 heterocycles. The fraction of sp³-hybridized carbons (Fsp3) is 0.526. The van der Waals surface area contributed by atoms with Crippen LogP contribution in [0, 0.1) is 20.8 Å². The first kappa shape index (κ1) is 19.1. The van der Waals surface area contributed by atoms with Gasteiger partial charge in [0, 0.05) is 12.1 Å². The minimum absolute atomic E-state index is 0.0483. The van der Waals surface area contributed by atoms with Gasteiger partial charge in [0.15, 0.2) is 0 Å². The molecule has 6 heteroatoms. The van der Waals surface area contributed by atoms with E-state index in [4.69, 9.17) is 0 Å². The molecule has 1 aromatic carbocycles. The number of nitrogens with one attached hydrogen (secondary N) is 2. The van der Waals surface area contributed by atoms with E-state index in [-0.39, 0.29) is 12.6 Å². The van der Waals surface area contributed by atoms with E-state index in [2.05, 4.69) is 65.4 Å². The van der Waals surface area contributed by atoms with E-state index in [1.807, 2.05) is 6.92 Å². The van der Waals surface area contributed by atoms with Gasteiger partial charge in [-0.15, -0.1) is 0 Å². The zero-order chi connectivity index (χ0) is 18.4. The van der Waals surface area contributed by atoms with Gasteiger partial charge < -0.3 is 15.7 Å². The predicted octanol–water partition coefficient (Wildman–Crippen LogP) is 3.68. The zero-order valence-electron chi connectivity index (χ0n) is 15.8. The average molecular weight is 343 g/mol. The number of aliphatic hydroxyl groups is 1. The monoisotopic (exact) mass is 343 g/mol. The molecule has 0 fully saturated rings. The molecule has 0 spiro atoms. The summed E-state index contributed by atoms with van der Waals surface area (Å²) in [6, 6.07) is 4.23. The van der Waals surface area contributed by atoms with E-state index >= 15 is 0 Å². The Labute approximate surface area is 150 Å². The van der Waals surface area contributed by atoms with Crippen molar-refractivity contribution in [2.24, 2.45) is 0 Å². The summed E-state index contributed by atoms with van der Waals surface area (Å²) in [5.74, 6) is 1.75. The van der Waals surface area contributed by atoms with Gasteiger partial charge in [0.05, 0.1) is 12.6 Å². The van der Waals surface area contributed by atoms with Crippen LogP contribution < -0.4 is 10.6 Å². The molecule has 6 nitrogen and oxygen atoms in total.